The molecule has 1 aromatic heterocycles. The molecule has 108 valence electrons. The molecular formula is C15H15N3O2S. The number of anilines is 1. The lowest BCUT2D eigenvalue weighted by Crippen LogP contribution is -2.21. The summed E-state index contributed by atoms with van der Waals surface area (Å²) in [5.41, 5.74) is 2.39. The van der Waals surface area contributed by atoms with E-state index in [0.29, 0.717) is 17.3 Å². The molecule has 2 heterocycles. The number of carbonyl (C=O) groups is 1. The largest absolute Gasteiger partial charge is 0.387 e. The topological polar surface area (TPSA) is 63.6 Å². The fraction of sp³-hybridized carbons (Fsp3) is 0.267. The Hall–Kier alpha value is -2.21. The maximum atomic E-state index is 12.1. The van der Waals surface area contributed by atoms with Gasteiger partial charge in [-0.1, -0.05) is 42.4 Å². The lowest BCUT2D eigenvalue weighted by atomic mass is 10.0. The third kappa shape index (κ3) is 3.11. The summed E-state index contributed by atoms with van der Waals surface area (Å²) in [5, 5.41) is 9.21. The maximum absolute atomic E-state index is 12.1. The molecule has 6 heteroatoms. The number of hydrogen-bond donors (Lipinski definition) is 1. The van der Waals surface area contributed by atoms with Crippen LogP contribution in [-0.4, -0.2) is 16.6 Å². The molecule has 0 radical (unpaired) electrons. The van der Waals surface area contributed by atoms with Crippen LogP contribution in [0.5, 0.6) is 0 Å². The zero-order valence-electron chi connectivity index (χ0n) is 11.6. The molecule has 1 N–H and O–H groups in total. The van der Waals surface area contributed by atoms with Gasteiger partial charge < -0.3 is 4.84 Å². The molecule has 1 aliphatic heterocycles. The first kappa shape index (κ1) is 13.8. The molecule has 0 unspecified atom stereocenters. The van der Waals surface area contributed by atoms with Gasteiger partial charge in [0.1, 0.15) is 5.71 Å². The smallest absolute Gasteiger partial charge is 0.275 e. The Morgan fingerprint density at radius 2 is 2.24 bits per heavy atom. The Balaban J connectivity index is 1.62. The highest BCUT2D eigenvalue weighted by Gasteiger charge is 2.27. The standard InChI is InChI=1S/C15H15N3O2S/c1-2-11-9-21-15(16-11)17-14(19)12-8-13(20-18-12)10-6-4-3-5-7-10/h3-7,9,13H,2,8H2,1H3,(H,16,17,19)/t13-/m0/s1. The second-order valence-corrected chi connectivity index (χ2v) is 5.56. The Labute approximate surface area is 126 Å². The van der Waals surface area contributed by atoms with Gasteiger partial charge in [-0.15, -0.1) is 11.3 Å². The van der Waals surface area contributed by atoms with Gasteiger partial charge in [0.15, 0.2) is 11.2 Å². The van der Waals surface area contributed by atoms with E-state index in [-0.39, 0.29) is 12.0 Å². The summed E-state index contributed by atoms with van der Waals surface area (Å²) < 4.78 is 0. The summed E-state index contributed by atoms with van der Waals surface area (Å²) in [7, 11) is 0. The van der Waals surface area contributed by atoms with E-state index < -0.39 is 0 Å². The van der Waals surface area contributed by atoms with Crippen molar-refractivity contribution in [1.82, 2.24) is 4.98 Å². The molecular weight excluding hydrogens is 286 g/mol. The number of hydrogen-bond acceptors (Lipinski definition) is 5. The van der Waals surface area contributed by atoms with Gasteiger partial charge >= 0.3 is 0 Å². The van der Waals surface area contributed by atoms with Crippen LogP contribution in [0.1, 0.15) is 30.7 Å². The van der Waals surface area contributed by atoms with Gasteiger partial charge in [-0.3, -0.25) is 10.1 Å². The molecule has 21 heavy (non-hydrogen) atoms. The Bertz CT molecular complexity index is 667. The van der Waals surface area contributed by atoms with Crippen molar-refractivity contribution in [3.8, 4) is 0 Å². The number of aryl methyl sites for hydroxylation is 1. The van der Waals surface area contributed by atoms with Crippen molar-refractivity contribution >= 4 is 28.1 Å². The third-order valence-corrected chi connectivity index (χ3v) is 4.04. The summed E-state index contributed by atoms with van der Waals surface area (Å²) in [6.07, 6.45) is 1.14. The molecule has 3 rings (SSSR count). The Morgan fingerprint density at radius 3 is 2.95 bits per heavy atom. The van der Waals surface area contributed by atoms with E-state index in [1.54, 1.807) is 0 Å². The second-order valence-electron chi connectivity index (χ2n) is 4.70. The average Bonchev–Trinajstić information content (AvgIpc) is 3.17. The van der Waals surface area contributed by atoms with Crippen LogP contribution < -0.4 is 5.32 Å². The van der Waals surface area contributed by atoms with Crippen molar-refractivity contribution in [1.29, 1.82) is 0 Å². The maximum Gasteiger partial charge on any atom is 0.275 e. The molecule has 0 saturated heterocycles. The highest BCUT2D eigenvalue weighted by molar-refractivity contribution is 7.14. The first-order valence-electron chi connectivity index (χ1n) is 6.79. The van der Waals surface area contributed by atoms with E-state index in [9.17, 15) is 4.79 Å². The van der Waals surface area contributed by atoms with Crippen LogP contribution >= 0.6 is 11.3 Å². The fourth-order valence-corrected chi connectivity index (χ4v) is 2.84. The minimum Gasteiger partial charge on any atom is -0.387 e. The third-order valence-electron chi connectivity index (χ3n) is 3.24. The molecule has 1 atom stereocenters. The van der Waals surface area contributed by atoms with E-state index in [1.165, 1.54) is 11.3 Å². The Kier molecular flexibility index (Phi) is 3.96. The molecule has 1 aromatic carbocycles. The van der Waals surface area contributed by atoms with E-state index in [0.717, 1.165) is 17.7 Å². The van der Waals surface area contributed by atoms with Crippen LogP contribution in [0.15, 0.2) is 40.9 Å². The predicted octanol–water partition coefficient (Wildman–Crippen LogP) is 3.16. The van der Waals surface area contributed by atoms with E-state index in [4.69, 9.17) is 4.84 Å². The van der Waals surface area contributed by atoms with Crippen molar-refractivity contribution in [3.63, 3.8) is 0 Å². The van der Waals surface area contributed by atoms with Crippen LogP contribution in [0.25, 0.3) is 0 Å². The number of amides is 1. The quantitative estimate of drug-likeness (QED) is 0.943. The Morgan fingerprint density at radius 1 is 1.43 bits per heavy atom. The van der Waals surface area contributed by atoms with Crippen LogP contribution in [0.3, 0.4) is 0 Å². The summed E-state index contributed by atoms with van der Waals surface area (Å²) in [4.78, 5) is 21.8. The lowest BCUT2D eigenvalue weighted by molar-refractivity contribution is -0.110. The number of oxime groups is 1. The first-order valence-corrected chi connectivity index (χ1v) is 7.67. The molecule has 1 amide bonds. The summed E-state index contributed by atoms with van der Waals surface area (Å²) in [5.74, 6) is -0.245. The number of carbonyl (C=O) groups excluding carboxylic acids is 1. The minimum absolute atomic E-state index is 0.186. The summed E-state index contributed by atoms with van der Waals surface area (Å²) >= 11 is 1.42. The fourth-order valence-electron chi connectivity index (χ4n) is 2.05. The van der Waals surface area contributed by atoms with Crippen molar-refractivity contribution < 1.29 is 9.63 Å². The number of nitrogens with zero attached hydrogens (tertiary/aromatic N) is 2. The van der Waals surface area contributed by atoms with Gasteiger partial charge in [0.2, 0.25) is 0 Å². The molecule has 0 saturated carbocycles. The molecule has 2 aromatic rings. The summed E-state index contributed by atoms with van der Waals surface area (Å²) in [6.45, 7) is 2.03. The van der Waals surface area contributed by atoms with Crippen molar-refractivity contribution in [2.75, 3.05) is 5.32 Å². The van der Waals surface area contributed by atoms with Gasteiger partial charge in [-0.25, -0.2) is 4.98 Å². The predicted molar refractivity (Wildman–Crippen MR) is 82.4 cm³/mol. The van der Waals surface area contributed by atoms with E-state index in [2.05, 4.69) is 15.5 Å². The number of thiazole rings is 1. The molecule has 0 spiro atoms. The van der Waals surface area contributed by atoms with Crippen LogP contribution in [0.2, 0.25) is 0 Å². The first-order chi connectivity index (χ1) is 10.3. The summed E-state index contributed by atoms with van der Waals surface area (Å²) in [6, 6.07) is 9.77. The number of aromatic nitrogens is 1. The molecule has 0 bridgehead atoms. The van der Waals surface area contributed by atoms with Crippen LogP contribution in [0.4, 0.5) is 5.13 Å². The van der Waals surface area contributed by atoms with Crippen LogP contribution in [-0.2, 0) is 16.1 Å². The minimum atomic E-state index is -0.245. The van der Waals surface area contributed by atoms with E-state index in [1.807, 2.05) is 42.6 Å². The molecule has 5 nitrogen and oxygen atoms in total. The monoisotopic (exact) mass is 301 g/mol. The van der Waals surface area contributed by atoms with Gasteiger partial charge in [-0.05, 0) is 12.0 Å². The normalized spacial score (nSPS) is 17.2. The zero-order valence-corrected chi connectivity index (χ0v) is 12.4. The zero-order chi connectivity index (χ0) is 14.7. The van der Waals surface area contributed by atoms with Gasteiger partial charge in [0, 0.05) is 11.8 Å². The lowest BCUT2D eigenvalue weighted by Gasteiger charge is -2.07. The van der Waals surface area contributed by atoms with Crippen molar-refractivity contribution in [2.24, 2.45) is 5.16 Å². The molecule has 0 fully saturated rings. The van der Waals surface area contributed by atoms with Crippen LogP contribution in [0, 0.1) is 0 Å². The second kappa shape index (κ2) is 6.05. The van der Waals surface area contributed by atoms with E-state index >= 15 is 0 Å². The molecule has 1 aliphatic rings. The highest BCUT2D eigenvalue weighted by Crippen LogP contribution is 2.27. The highest BCUT2D eigenvalue weighted by atomic mass is 32.1. The van der Waals surface area contributed by atoms with Crippen molar-refractivity contribution in [2.45, 2.75) is 25.9 Å². The van der Waals surface area contributed by atoms with Gasteiger partial charge in [0.05, 0.1) is 5.69 Å². The average molecular weight is 301 g/mol. The molecule has 0 aliphatic carbocycles. The number of rotatable bonds is 4. The van der Waals surface area contributed by atoms with Gasteiger partial charge in [0.25, 0.3) is 5.91 Å². The number of nitrogens with one attached hydrogen (secondary N) is 1. The number of benzene rings is 1. The van der Waals surface area contributed by atoms with Crippen molar-refractivity contribution in [3.05, 3.63) is 47.0 Å². The van der Waals surface area contributed by atoms with Gasteiger partial charge in [-0.2, -0.15) is 0 Å². The SMILES string of the molecule is CCc1csc(NC(=O)C2=NO[C@H](c3ccccc3)C2)n1.